The molecule has 1 saturated heterocycles. The van der Waals surface area contributed by atoms with Gasteiger partial charge in [0.1, 0.15) is 17.6 Å². The Labute approximate surface area is 190 Å². The second-order valence-corrected chi connectivity index (χ2v) is 10.1. The fraction of sp³-hybridized carbons (Fsp3) is 0.632. The molecule has 2 rings (SSSR count). The van der Waals surface area contributed by atoms with E-state index >= 15 is 0 Å². The molecule has 0 amide bonds. The Bertz CT molecular complexity index is 814. The Morgan fingerprint density at radius 1 is 1.34 bits per heavy atom. The van der Waals surface area contributed by atoms with Crippen molar-refractivity contribution < 1.29 is 23.0 Å². The van der Waals surface area contributed by atoms with Crippen LogP contribution in [0.15, 0.2) is 23.2 Å². The molecule has 1 aromatic rings. The lowest BCUT2D eigenvalue weighted by molar-refractivity contribution is 0.181. The fourth-order valence-corrected chi connectivity index (χ4v) is 4.49. The maximum absolute atomic E-state index is 12.3. The number of nitrogens with zero attached hydrogens (tertiary/aromatic N) is 2. The van der Waals surface area contributed by atoms with Crippen LogP contribution in [-0.4, -0.2) is 75.3 Å². The molecule has 1 unspecified atom stereocenters. The molecule has 10 heteroatoms. The maximum Gasteiger partial charge on any atom is 0.194 e. The van der Waals surface area contributed by atoms with Crippen molar-refractivity contribution in [1.29, 1.82) is 0 Å². The van der Waals surface area contributed by atoms with Gasteiger partial charge in [-0.2, -0.15) is 0 Å². The topological polar surface area (TPSA) is 100 Å². The predicted octanol–water partition coefficient (Wildman–Crippen LogP) is 1.83. The first kappa shape index (κ1) is 25.8. The number of benzene rings is 1. The minimum absolute atomic E-state index is 0. The van der Waals surface area contributed by atoms with E-state index in [0.717, 1.165) is 0 Å². The maximum atomic E-state index is 12.3. The van der Waals surface area contributed by atoms with Gasteiger partial charge in [0.25, 0.3) is 0 Å². The zero-order valence-corrected chi connectivity index (χ0v) is 20.8. The molecule has 1 aliphatic heterocycles. The number of methoxy groups -OCH3 is 2. The number of hydrogen-bond donors (Lipinski definition) is 2. The first-order valence-corrected chi connectivity index (χ1v) is 11.0. The van der Waals surface area contributed by atoms with Crippen LogP contribution in [-0.2, 0) is 9.84 Å². The number of aliphatic imine (C=N–C) groups is 1. The zero-order chi connectivity index (χ0) is 20.9. The molecule has 1 aliphatic rings. The van der Waals surface area contributed by atoms with Crippen LogP contribution >= 0.6 is 24.0 Å². The lowest BCUT2D eigenvalue weighted by Crippen LogP contribution is -2.57. The first-order valence-electron chi connectivity index (χ1n) is 9.30. The van der Waals surface area contributed by atoms with Crippen LogP contribution in [0, 0.1) is 0 Å². The van der Waals surface area contributed by atoms with Gasteiger partial charge in [0.05, 0.1) is 31.3 Å². The minimum atomic E-state index is -3.14. The van der Waals surface area contributed by atoms with Crippen LogP contribution in [0.5, 0.6) is 11.5 Å². The van der Waals surface area contributed by atoms with E-state index < -0.39 is 20.7 Å². The molecule has 166 valence electrons. The predicted molar refractivity (Wildman–Crippen MR) is 125 cm³/mol. The lowest BCUT2D eigenvalue weighted by atomic mass is 10.1. The SMILES string of the molecule is CCNC(=NCC(O)c1cc(OC)ccc1OC)N1CCS(=O)(=O)C(C)(C)C1.I. The van der Waals surface area contributed by atoms with E-state index in [4.69, 9.17) is 9.47 Å². The van der Waals surface area contributed by atoms with Crippen molar-refractivity contribution >= 4 is 39.8 Å². The molecular formula is C19H32IN3O5S. The van der Waals surface area contributed by atoms with Crippen molar-refractivity contribution in [1.82, 2.24) is 10.2 Å². The lowest BCUT2D eigenvalue weighted by Gasteiger charge is -2.39. The number of ether oxygens (including phenoxy) is 2. The normalized spacial score (nSPS) is 19.1. The highest BCUT2D eigenvalue weighted by Gasteiger charge is 2.41. The molecular weight excluding hydrogens is 509 g/mol. The molecule has 0 spiro atoms. The molecule has 1 heterocycles. The summed E-state index contributed by atoms with van der Waals surface area (Å²) in [6.45, 7) is 6.87. The number of halogens is 1. The molecule has 0 radical (unpaired) electrons. The number of sulfone groups is 1. The van der Waals surface area contributed by atoms with Crippen molar-refractivity contribution in [2.45, 2.75) is 31.6 Å². The summed E-state index contributed by atoms with van der Waals surface area (Å²) in [6.07, 6.45) is -0.889. The van der Waals surface area contributed by atoms with Crippen LogP contribution in [0.1, 0.15) is 32.4 Å². The van der Waals surface area contributed by atoms with Gasteiger partial charge in [-0.3, -0.25) is 4.99 Å². The van der Waals surface area contributed by atoms with Crippen LogP contribution in [0.2, 0.25) is 0 Å². The number of aliphatic hydroxyl groups is 1. The van der Waals surface area contributed by atoms with E-state index in [9.17, 15) is 13.5 Å². The quantitative estimate of drug-likeness (QED) is 0.322. The number of guanidine groups is 1. The van der Waals surface area contributed by atoms with E-state index in [-0.39, 0.29) is 36.3 Å². The van der Waals surface area contributed by atoms with Gasteiger partial charge in [-0.25, -0.2) is 8.42 Å². The van der Waals surface area contributed by atoms with Crippen LogP contribution in [0.4, 0.5) is 0 Å². The summed E-state index contributed by atoms with van der Waals surface area (Å²) in [5.74, 6) is 1.84. The smallest absolute Gasteiger partial charge is 0.194 e. The van der Waals surface area contributed by atoms with Crippen molar-refractivity contribution in [3.63, 3.8) is 0 Å². The molecule has 29 heavy (non-hydrogen) atoms. The number of nitrogens with one attached hydrogen (secondary N) is 1. The standard InChI is InChI=1S/C19H31N3O5S.HI/c1-6-20-18(22-9-10-28(24,25)19(2,3)13-22)21-12-16(23)15-11-14(26-4)7-8-17(15)27-5;/h7-8,11,16,23H,6,9-10,12-13H2,1-5H3,(H,20,21);1H. The molecule has 0 bridgehead atoms. The van der Waals surface area contributed by atoms with Gasteiger partial charge < -0.3 is 24.8 Å². The Kier molecular flexibility index (Phi) is 9.48. The average molecular weight is 541 g/mol. The Balaban J connectivity index is 0.00000420. The minimum Gasteiger partial charge on any atom is -0.497 e. The molecule has 1 aromatic carbocycles. The van der Waals surface area contributed by atoms with Crippen LogP contribution in [0.3, 0.4) is 0 Å². The third kappa shape index (κ3) is 6.11. The average Bonchev–Trinajstić information content (AvgIpc) is 2.66. The van der Waals surface area contributed by atoms with E-state index in [1.807, 2.05) is 11.8 Å². The Morgan fingerprint density at radius 2 is 2.03 bits per heavy atom. The van der Waals surface area contributed by atoms with Crippen molar-refractivity contribution in [3.8, 4) is 11.5 Å². The Morgan fingerprint density at radius 3 is 2.59 bits per heavy atom. The monoisotopic (exact) mass is 541 g/mol. The summed E-state index contributed by atoms with van der Waals surface area (Å²) >= 11 is 0. The highest BCUT2D eigenvalue weighted by molar-refractivity contribution is 14.0. The van der Waals surface area contributed by atoms with Crippen molar-refractivity contribution in [2.24, 2.45) is 4.99 Å². The molecule has 2 N–H and O–H groups in total. The van der Waals surface area contributed by atoms with Crippen molar-refractivity contribution in [3.05, 3.63) is 23.8 Å². The summed E-state index contributed by atoms with van der Waals surface area (Å²) in [4.78, 5) is 6.48. The highest BCUT2D eigenvalue weighted by Crippen LogP contribution is 2.30. The van der Waals surface area contributed by atoms with Crippen LogP contribution < -0.4 is 14.8 Å². The van der Waals surface area contributed by atoms with E-state index in [0.29, 0.717) is 42.7 Å². The fourth-order valence-electron chi connectivity index (χ4n) is 3.12. The van der Waals surface area contributed by atoms with Gasteiger partial charge in [0, 0.05) is 25.2 Å². The van der Waals surface area contributed by atoms with Crippen molar-refractivity contribution in [2.75, 3.05) is 46.2 Å². The number of aliphatic hydroxyl groups excluding tert-OH is 1. The molecule has 1 atom stereocenters. The van der Waals surface area contributed by atoms with Gasteiger partial charge in [-0.15, -0.1) is 24.0 Å². The molecule has 8 nitrogen and oxygen atoms in total. The molecule has 0 aliphatic carbocycles. The van der Waals surface area contributed by atoms with E-state index in [2.05, 4.69) is 10.3 Å². The van der Waals surface area contributed by atoms with E-state index in [1.54, 1.807) is 46.3 Å². The molecule has 1 fully saturated rings. The summed E-state index contributed by atoms with van der Waals surface area (Å²) in [7, 11) is -0.0333. The summed E-state index contributed by atoms with van der Waals surface area (Å²) in [6, 6.07) is 5.23. The number of rotatable bonds is 6. The van der Waals surface area contributed by atoms with Crippen LogP contribution in [0.25, 0.3) is 0 Å². The molecule has 0 saturated carbocycles. The molecule has 0 aromatic heterocycles. The van der Waals surface area contributed by atoms with Gasteiger partial charge >= 0.3 is 0 Å². The second-order valence-electron chi connectivity index (χ2n) is 7.32. The van der Waals surface area contributed by atoms with E-state index in [1.165, 1.54) is 0 Å². The van der Waals surface area contributed by atoms with Gasteiger partial charge in [-0.1, -0.05) is 0 Å². The summed E-state index contributed by atoms with van der Waals surface area (Å²) < 4.78 is 34.2. The second kappa shape index (κ2) is 10.7. The third-order valence-electron chi connectivity index (χ3n) is 4.89. The summed E-state index contributed by atoms with van der Waals surface area (Å²) in [5.41, 5.74) is 0.586. The summed E-state index contributed by atoms with van der Waals surface area (Å²) in [5, 5.41) is 13.9. The van der Waals surface area contributed by atoms with Gasteiger partial charge in [0.2, 0.25) is 0 Å². The highest BCUT2D eigenvalue weighted by atomic mass is 127. The third-order valence-corrected chi connectivity index (χ3v) is 7.42. The van der Waals surface area contributed by atoms with Gasteiger partial charge in [0.15, 0.2) is 15.8 Å². The largest absolute Gasteiger partial charge is 0.497 e. The van der Waals surface area contributed by atoms with Gasteiger partial charge in [-0.05, 0) is 39.0 Å². The Hall–Kier alpha value is -1.27. The number of hydrogen-bond acceptors (Lipinski definition) is 6. The first-order chi connectivity index (χ1) is 13.1. The zero-order valence-electron chi connectivity index (χ0n) is 17.6.